The van der Waals surface area contributed by atoms with Crippen molar-refractivity contribution in [2.75, 3.05) is 36.4 Å². The smallest absolute Gasteiger partial charge is 0.248 e. The van der Waals surface area contributed by atoms with Crippen LogP contribution in [-0.4, -0.2) is 48.9 Å². The maximum Gasteiger partial charge on any atom is 0.248 e. The Kier molecular flexibility index (Phi) is 5.71. The molecule has 27 heavy (non-hydrogen) atoms. The van der Waals surface area contributed by atoms with Gasteiger partial charge in [0.05, 0.1) is 6.04 Å². The molecule has 0 unspecified atom stereocenters. The molecule has 3 rings (SSSR count). The number of nitrogens with two attached hydrogens (primary N) is 1. The summed E-state index contributed by atoms with van der Waals surface area (Å²) in [5, 5.41) is 2.87. The fourth-order valence-electron chi connectivity index (χ4n) is 3.15. The molecule has 2 amide bonds. The molecule has 1 aliphatic heterocycles. The van der Waals surface area contributed by atoms with E-state index in [9.17, 15) is 14.0 Å². The Hall–Kier alpha value is -2.93. The fourth-order valence-corrected chi connectivity index (χ4v) is 3.15. The quantitative estimate of drug-likeness (QED) is 0.845. The Labute approximate surface area is 157 Å². The lowest BCUT2D eigenvalue weighted by atomic mass is 10.1. The Morgan fingerprint density at radius 2 is 1.59 bits per heavy atom. The molecule has 7 heteroatoms. The second-order valence-electron chi connectivity index (χ2n) is 6.61. The summed E-state index contributed by atoms with van der Waals surface area (Å²) >= 11 is 0. The molecular weight excluding hydrogens is 347 g/mol. The van der Waals surface area contributed by atoms with Gasteiger partial charge >= 0.3 is 0 Å². The molecule has 0 spiro atoms. The van der Waals surface area contributed by atoms with E-state index in [4.69, 9.17) is 5.73 Å². The highest BCUT2D eigenvalue weighted by molar-refractivity contribution is 5.96. The fraction of sp³-hybridized carbons (Fsp3) is 0.300. The van der Waals surface area contributed by atoms with Crippen molar-refractivity contribution < 1.29 is 14.0 Å². The van der Waals surface area contributed by atoms with Gasteiger partial charge < -0.3 is 16.0 Å². The number of carbonyl (C=O) groups excluding carboxylic acids is 2. The Morgan fingerprint density at radius 3 is 2.15 bits per heavy atom. The number of primary amides is 1. The third kappa shape index (κ3) is 4.62. The highest BCUT2D eigenvalue weighted by Crippen LogP contribution is 2.18. The maximum absolute atomic E-state index is 13.1. The van der Waals surface area contributed by atoms with E-state index in [-0.39, 0.29) is 17.8 Å². The summed E-state index contributed by atoms with van der Waals surface area (Å²) in [6, 6.07) is 12.7. The Balaban J connectivity index is 1.53. The van der Waals surface area contributed by atoms with Crippen LogP contribution in [0.4, 0.5) is 15.8 Å². The van der Waals surface area contributed by atoms with Crippen LogP contribution in [0.3, 0.4) is 0 Å². The third-order valence-electron chi connectivity index (χ3n) is 4.87. The van der Waals surface area contributed by atoms with Crippen LogP contribution < -0.4 is 16.0 Å². The van der Waals surface area contributed by atoms with Crippen molar-refractivity contribution in [3.8, 4) is 0 Å². The lowest BCUT2D eigenvalue weighted by Crippen LogP contribution is -2.52. The standard InChI is InChI=1S/C20H23FN4O2/c1-14(20(27)23-17-6-2-15(3-7-17)19(22)26)24-10-12-25(13-11-24)18-8-4-16(21)5-9-18/h2-9,14H,10-13H2,1H3,(H2,22,26)(H,23,27)/t14-/m0/s1. The molecule has 2 aromatic rings. The first kappa shape index (κ1) is 18.8. The molecule has 6 nitrogen and oxygen atoms in total. The minimum Gasteiger partial charge on any atom is -0.369 e. The van der Waals surface area contributed by atoms with E-state index >= 15 is 0 Å². The first-order valence-corrected chi connectivity index (χ1v) is 8.89. The van der Waals surface area contributed by atoms with E-state index in [1.807, 2.05) is 6.92 Å². The highest BCUT2D eigenvalue weighted by Gasteiger charge is 2.25. The lowest BCUT2D eigenvalue weighted by molar-refractivity contribution is -0.120. The lowest BCUT2D eigenvalue weighted by Gasteiger charge is -2.38. The van der Waals surface area contributed by atoms with Crippen LogP contribution >= 0.6 is 0 Å². The van der Waals surface area contributed by atoms with Crippen LogP contribution in [0.5, 0.6) is 0 Å². The van der Waals surface area contributed by atoms with Gasteiger partial charge in [0, 0.05) is 43.1 Å². The van der Waals surface area contributed by atoms with Gasteiger partial charge in [-0.15, -0.1) is 0 Å². The minimum atomic E-state index is -0.500. The molecule has 1 atom stereocenters. The van der Waals surface area contributed by atoms with Crippen LogP contribution in [0.25, 0.3) is 0 Å². The number of amides is 2. The van der Waals surface area contributed by atoms with Gasteiger partial charge in [-0.2, -0.15) is 0 Å². The third-order valence-corrected chi connectivity index (χ3v) is 4.87. The van der Waals surface area contributed by atoms with Crippen molar-refractivity contribution in [1.82, 2.24) is 4.90 Å². The van der Waals surface area contributed by atoms with E-state index in [1.54, 1.807) is 36.4 Å². The minimum absolute atomic E-state index is 0.0999. The molecular formula is C20H23FN4O2. The summed E-state index contributed by atoms with van der Waals surface area (Å²) in [5.74, 6) is -0.844. The molecule has 0 aliphatic carbocycles. The zero-order chi connectivity index (χ0) is 19.4. The van der Waals surface area contributed by atoms with Crippen LogP contribution in [-0.2, 0) is 4.79 Å². The van der Waals surface area contributed by atoms with Crippen molar-refractivity contribution in [3.05, 3.63) is 59.9 Å². The van der Waals surface area contributed by atoms with Gasteiger partial charge in [-0.1, -0.05) is 0 Å². The average molecular weight is 370 g/mol. The number of benzene rings is 2. The predicted molar refractivity (Wildman–Crippen MR) is 103 cm³/mol. The molecule has 1 heterocycles. The van der Waals surface area contributed by atoms with Gasteiger partial charge in [0.1, 0.15) is 5.82 Å². The first-order chi connectivity index (χ1) is 12.9. The number of nitrogens with zero attached hydrogens (tertiary/aromatic N) is 2. The summed E-state index contributed by atoms with van der Waals surface area (Å²) in [7, 11) is 0. The van der Waals surface area contributed by atoms with Crippen molar-refractivity contribution in [2.24, 2.45) is 5.73 Å². The summed E-state index contributed by atoms with van der Waals surface area (Å²) in [4.78, 5) is 27.9. The second kappa shape index (κ2) is 8.18. The Bertz CT molecular complexity index is 800. The van der Waals surface area contributed by atoms with Crippen molar-refractivity contribution >= 4 is 23.2 Å². The van der Waals surface area contributed by atoms with Crippen LogP contribution in [0.1, 0.15) is 17.3 Å². The number of anilines is 2. The summed E-state index contributed by atoms with van der Waals surface area (Å²) in [6.45, 7) is 4.91. The van der Waals surface area contributed by atoms with Gasteiger partial charge in [-0.05, 0) is 55.5 Å². The zero-order valence-electron chi connectivity index (χ0n) is 15.2. The second-order valence-corrected chi connectivity index (χ2v) is 6.61. The number of hydrogen-bond donors (Lipinski definition) is 2. The molecule has 1 aliphatic rings. The van der Waals surface area contributed by atoms with Gasteiger partial charge in [0.25, 0.3) is 0 Å². The molecule has 1 fully saturated rings. The molecule has 0 bridgehead atoms. The number of hydrogen-bond acceptors (Lipinski definition) is 4. The van der Waals surface area contributed by atoms with E-state index in [2.05, 4.69) is 15.1 Å². The molecule has 1 saturated heterocycles. The largest absolute Gasteiger partial charge is 0.369 e. The maximum atomic E-state index is 13.1. The monoisotopic (exact) mass is 370 g/mol. The molecule has 0 radical (unpaired) electrons. The molecule has 3 N–H and O–H groups in total. The number of rotatable bonds is 5. The van der Waals surface area contributed by atoms with Crippen molar-refractivity contribution in [3.63, 3.8) is 0 Å². The molecule has 0 aromatic heterocycles. The summed E-state index contributed by atoms with van der Waals surface area (Å²) < 4.78 is 13.1. The van der Waals surface area contributed by atoms with Crippen LogP contribution in [0.2, 0.25) is 0 Å². The SMILES string of the molecule is C[C@@H](C(=O)Nc1ccc(C(N)=O)cc1)N1CCN(c2ccc(F)cc2)CC1. The zero-order valence-corrected chi connectivity index (χ0v) is 15.2. The molecule has 0 saturated carbocycles. The van der Waals surface area contributed by atoms with Gasteiger partial charge in [-0.3, -0.25) is 14.5 Å². The molecule has 142 valence electrons. The van der Waals surface area contributed by atoms with Crippen LogP contribution in [0.15, 0.2) is 48.5 Å². The van der Waals surface area contributed by atoms with Crippen molar-refractivity contribution in [2.45, 2.75) is 13.0 Å². The summed E-state index contributed by atoms with van der Waals surface area (Å²) in [5.41, 5.74) is 7.23. The van der Waals surface area contributed by atoms with Gasteiger partial charge in [0.2, 0.25) is 11.8 Å². The van der Waals surface area contributed by atoms with E-state index < -0.39 is 5.91 Å². The summed E-state index contributed by atoms with van der Waals surface area (Å²) in [6.07, 6.45) is 0. The first-order valence-electron chi connectivity index (χ1n) is 8.89. The predicted octanol–water partition coefficient (Wildman–Crippen LogP) is 2.07. The number of halogens is 1. The topological polar surface area (TPSA) is 78.7 Å². The normalized spacial score (nSPS) is 16.0. The van der Waals surface area contributed by atoms with E-state index in [0.29, 0.717) is 11.3 Å². The number of nitrogens with one attached hydrogen (secondary N) is 1. The van der Waals surface area contributed by atoms with E-state index in [1.165, 1.54) is 12.1 Å². The number of carbonyl (C=O) groups is 2. The highest BCUT2D eigenvalue weighted by atomic mass is 19.1. The van der Waals surface area contributed by atoms with Gasteiger partial charge in [0.15, 0.2) is 0 Å². The van der Waals surface area contributed by atoms with E-state index in [0.717, 1.165) is 31.9 Å². The average Bonchev–Trinajstić information content (AvgIpc) is 2.68. The Morgan fingerprint density at radius 1 is 1.00 bits per heavy atom. The van der Waals surface area contributed by atoms with Crippen LogP contribution in [0, 0.1) is 5.82 Å². The van der Waals surface area contributed by atoms with Gasteiger partial charge in [-0.25, -0.2) is 4.39 Å². The van der Waals surface area contributed by atoms with Crippen molar-refractivity contribution in [1.29, 1.82) is 0 Å². The number of piperazine rings is 1. The molecule has 2 aromatic carbocycles.